The fourth-order valence-corrected chi connectivity index (χ4v) is 3.15. The molecule has 2 aromatic rings. The van der Waals surface area contributed by atoms with Crippen LogP contribution in [0, 0.1) is 18.3 Å². The Hall–Kier alpha value is -2.96. The van der Waals surface area contributed by atoms with Crippen LogP contribution in [0.3, 0.4) is 0 Å². The Labute approximate surface area is 151 Å². The lowest BCUT2D eigenvalue weighted by molar-refractivity contribution is 0.421. The molecule has 0 radical (unpaired) electrons. The average Bonchev–Trinajstić information content (AvgIpc) is 2.60. The molecule has 1 aromatic carbocycles. The molecule has 0 unspecified atom stereocenters. The van der Waals surface area contributed by atoms with E-state index in [9.17, 15) is 18.3 Å². The molecule has 1 N–H and O–H groups in total. The summed E-state index contributed by atoms with van der Waals surface area (Å²) in [7, 11) is 0.719. The summed E-state index contributed by atoms with van der Waals surface area (Å²) in [6, 6.07) is 7.72. The lowest BCUT2D eigenvalue weighted by Crippen LogP contribution is -2.22. The molecular formula is C17H18N4O4S. The summed E-state index contributed by atoms with van der Waals surface area (Å²) in [6.45, 7) is 1.55. The monoisotopic (exact) mass is 374 g/mol. The van der Waals surface area contributed by atoms with Crippen molar-refractivity contribution < 1.29 is 13.5 Å². The maximum absolute atomic E-state index is 12.0. The van der Waals surface area contributed by atoms with Crippen molar-refractivity contribution in [2.45, 2.75) is 11.8 Å². The maximum atomic E-state index is 12.0. The molecule has 26 heavy (non-hydrogen) atoms. The van der Waals surface area contributed by atoms with Crippen LogP contribution in [0.2, 0.25) is 0 Å². The molecule has 0 aliphatic carbocycles. The van der Waals surface area contributed by atoms with Crippen LogP contribution in [0.15, 0.2) is 38.9 Å². The van der Waals surface area contributed by atoms with Crippen molar-refractivity contribution in [1.82, 2.24) is 8.87 Å². The number of benzene rings is 1. The van der Waals surface area contributed by atoms with Gasteiger partial charge in [-0.25, -0.2) is 12.7 Å². The minimum atomic E-state index is -3.53. The van der Waals surface area contributed by atoms with Gasteiger partial charge in [-0.15, -0.1) is 0 Å². The standard InChI is InChI=1S/C17H18N4O4S/c1-11-14(9-18)16(22)21(4)17(23)15(11)10-19-12-5-7-13(8-6-12)26(24,25)20(2)3/h5-8,10,23H,1-4H3. The lowest BCUT2D eigenvalue weighted by Gasteiger charge is -2.11. The molecule has 2 rings (SSSR count). The summed E-state index contributed by atoms with van der Waals surface area (Å²) in [5, 5.41) is 19.3. The number of hydrogen-bond acceptors (Lipinski definition) is 6. The van der Waals surface area contributed by atoms with Crippen molar-refractivity contribution in [3.63, 3.8) is 0 Å². The number of aliphatic imine (C=N–C) groups is 1. The van der Waals surface area contributed by atoms with Crippen molar-refractivity contribution in [3.8, 4) is 11.9 Å². The van der Waals surface area contributed by atoms with Gasteiger partial charge in [-0.05, 0) is 36.8 Å². The van der Waals surface area contributed by atoms with E-state index in [1.165, 1.54) is 51.6 Å². The highest BCUT2D eigenvalue weighted by Gasteiger charge is 2.17. The van der Waals surface area contributed by atoms with Crippen LogP contribution < -0.4 is 5.56 Å². The Balaban J connectivity index is 2.45. The molecule has 0 bridgehead atoms. The van der Waals surface area contributed by atoms with E-state index < -0.39 is 15.6 Å². The van der Waals surface area contributed by atoms with E-state index in [4.69, 9.17) is 5.26 Å². The third-order valence-corrected chi connectivity index (χ3v) is 5.76. The Morgan fingerprint density at radius 3 is 2.35 bits per heavy atom. The molecule has 0 spiro atoms. The number of nitrogens with zero attached hydrogens (tertiary/aromatic N) is 4. The van der Waals surface area contributed by atoms with Crippen LogP contribution in [-0.4, -0.2) is 42.7 Å². The zero-order chi connectivity index (χ0) is 19.6. The Kier molecular flexibility index (Phi) is 5.30. The second-order valence-corrected chi connectivity index (χ2v) is 7.90. The molecule has 0 saturated heterocycles. The predicted octanol–water partition coefficient (Wildman–Crippen LogP) is 1.27. The SMILES string of the molecule is Cc1c(C=Nc2ccc(S(=O)(=O)N(C)C)cc2)c(O)n(C)c(=O)c1C#N. The predicted molar refractivity (Wildman–Crippen MR) is 97.4 cm³/mol. The van der Waals surface area contributed by atoms with Crippen molar-refractivity contribution in [1.29, 1.82) is 5.26 Å². The van der Waals surface area contributed by atoms with Gasteiger partial charge in [-0.1, -0.05) is 0 Å². The molecule has 0 atom stereocenters. The largest absolute Gasteiger partial charge is 0.494 e. The van der Waals surface area contributed by atoms with Gasteiger partial charge in [0.25, 0.3) is 5.56 Å². The van der Waals surface area contributed by atoms with Gasteiger partial charge in [-0.2, -0.15) is 5.26 Å². The highest BCUT2D eigenvalue weighted by atomic mass is 32.2. The Morgan fingerprint density at radius 2 is 1.85 bits per heavy atom. The number of nitriles is 1. The summed E-state index contributed by atoms with van der Waals surface area (Å²) in [6.07, 6.45) is 1.33. The average molecular weight is 374 g/mol. The topological polar surface area (TPSA) is 116 Å². The quantitative estimate of drug-likeness (QED) is 0.809. The molecule has 9 heteroatoms. The van der Waals surface area contributed by atoms with E-state index in [2.05, 4.69) is 4.99 Å². The van der Waals surface area contributed by atoms with E-state index >= 15 is 0 Å². The third-order valence-electron chi connectivity index (χ3n) is 3.93. The first kappa shape index (κ1) is 19.4. The van der Waals surface area contributed by atoms with Crippen LogP contribution in [-0.2, 0) is 17.1 Å². The summed E-state index contributed by atoms with van der Waals surface area (Å²) in [5.74, 6) is -0.304. The van der Waals surface area contributed by atoms with E-state index in [1.54, 1.807) is 6.92 Å². The van der Waals surface area contributed by atoms with Gasteiger partial charge < -0.3 is 5.11 Å². The van der Waals surface area contributed by atoms with Gasteiger partial charge in [0.05, 0.1) is 16.1 Å². The van der Waals surface area contributed by atoms with Crippen molar-refractivity contribution in [2.24, 2.45) is 12.0 Å². The van der Waals surface area contributed by atoms with Crippen LogP contribution >= 0.6 is 0 Å². The minimum absolute atomic E-state index is 0.0702. The normalized spacial score (nSPS) is 11.8. The molecular weight excluding hydrogens is 356 g/mol. The third kappa shape index (κ3) is 3.37. The first-order chi connectivity index (χ1) is 12.1. The van der Waals surface area contributed by atoms with Crippen molar-refractivity contribution in [3.05, 3.63) is 51.3 Å². The number of sulfonamides is 1. The highest BCUT2D eigenvalue weighted by Crippen LogP contribution is 2.22. The summed E-state index contributed by atoms with van der Waals surface area (Å²) >= 11 is 0. The van der Waals surface area contributed by atoms with E-state index in [0.717, 1.165) is 8.87 Å². The molecule has 1 heterocycles. The highest BCUT2D eigenvalue weighted by molar-refractivity contribution is 7.89. The molecule has 0 aliphatic heterocycles. The smallest absolute Gasteiger partial charge is 0.271 e. The summed E-state index contributed by atoms with van der Waals surface area (Å²) < 4.78 is 26.2. The van der Waals surface area contributed by atoms with Crippen LogP contribution in [0.1, 0.15) is 16.7 Å². The summed E-state index contributed by atoms with van der Waals surface area (Å²) in [4.78, 5) is 16.3. The first-order valence-corrected chi connectivity index (χ1v) is 8.94. The number of aromatic hydroxyl groups is 1. The van der Waals surface area contributed by atoms with E-state index in [-0.39, 0.29) is 21.9 Å². The van der Waals surface area contributed by atoms with Gasteiger partial charge in [-0.3, -0.25) is 14.4 Å². The number of rotatable bonds is 4. The first-order valence-electron chi connectivity index (χ1n) is 7.50. The fraction of sp³-hybridized carbons (Fsp3) is 0.235. The second-order valence-electron chi connectivity index (χ2n) is 5.75. The second kappa shape index (κ2) is 7.11. The molecule has 0 aliphatic rings. The van der Waals surface area contributed by atoms with Gasteiger partial charge in [0.2, 0.25) is 15.9 Å². The molecule has 0 amide bonds. The number of aromatic nitrogens is 1. The Bertz CT molecular complexity index is 1080. The van der Waals surface area contributed by atoms with Crippen LogP contribution in [0.5, 0.6) is 5.88 Å². The Morgan fingerprint density at radius 1 is 1.27 bits per heavy atom. The molecule has 0 fully saturated rings. The zero-order valence-corrected chi connectivity index (χ0v) is 15.6. The van der Waals surface area contributed by atoms with Crippen molar-refractivity contribution >= 4 is 21.9 Å². The molecule has 136 valence electrons. The van der Waals surface area contributed by atoms with Gasteiger partial charge in [0.15, 0.2) is 0 Å². The maximum Gasteiger partial charge on any atom is 0.271 e. The molecule has 8 nitrogen and oxygen atoms in total. The molecule has 1 aromatic heterocycles. The van der Waals surface area contributed by atoms with Gasteiger partial charge >= 0.3 is 0 Å². The van der Waals surface area contributed by atoms with Gasteiger partial charge in [0.1, 0.15) is 11.6 Å². The number of pyridine rings is 1. The van der Waals surface area contributed by atoms with E-state index in [0.29, 0.717) is 11.3 Å². The fourth-order valence-electron chi connectivity index (χ4n) is 2.25. The van der Waals surface area contributed by atoms with E-state index in [1.807, 2.05) is 6.07 Å². The van der Waals surface area contributed by atoms with Crippen molar-refractivity contribution in [2.75, 3.05) is 14.1 Å². The number of hydrogen-bond donors (Lipinski definition) is 1. The molecule has 0 saturated carbocycles. The minimum Gasteiger partial charge on any atom is -0.494 e. The van der Waals surface area contributed by atoms with Crippen LogP contribution in [0.25, 0.3) is 0 Å². The zero-order valence-electron chi connectivity index (χ0n) is 14.8. The van der Waals surface area contributed by atoms with Gasteiger partial charge in [0, 0.05) is 27.4 Å². The lowest BCUT2D eigenvalue weighted by atomic mass is 10.1. The van der Waals surface area contributed by atoms with Crippen LogP contribution in [0.4, 0.5) is 5.69 Å². The summed E-state index contributed by atoms with van der Waals surface area (Å²) in [5.41, 5.74) is 0.364.